The third-order valence-electron chi connectivity index (χ3n) is 3.46. The number of hydrogen-bond acceptors (Lipinski definition) is 6. The minimum atomic E-state index is -0.639. The van der Waals surface area contributed by atoms with Gasteiger partial charge in [0.05, 0.1) is 18.6 Å². The Morgan fingerprint density at radius 1 is 1.22 bits per heavy atom. The molecular weight excluding hydrogens is 350 g/mol. The molecule has 2 atom stereocenters. The van der Waals surface area contributed by atoms with Gasteiger partial charge in [-0.2, -0.15) is 0 Å². The first-order chi connectivity index (χ1) is 12.3. The maximum absolute atomic E-state index is 12.5. The first-order valence-corrected chi connectivity index (χ1v) is 8.96. The van der Waals surface area contributed by atoms with Crippen molar-refractivity contribution < 1.29 is 23.9 Å². The molecule has 8 heteroatoms. The molecule has 0 aromatic carbocycles. The molecule has 1 rings (SSSR count). The van der Waals surface area contributed by atoms with E-state index in [4.69, 9.17) is 20.7 Å². The molecule has 0 aliphatic carbocycles. The van der Waals surface area contributed by atoms with Crippen molar-refractivity contribution in [3.63, 3.8) is 0 Å². The van der Waals surface area contributed by atoms with Gasteiger partial charge in [-0.25, -0.2) is 9.59 Å². The van der Waals surface area contributed by atoms with Crippen molar-refractivity contribution in [3.8, 4) is 12.3 Å². The Labute approximate surface area is 161 Å². The van der Waals surface area contributed by atoms with E-state index in [0.717, 1.165) is 0 Å². The zero-order valence-corrected chi connectivity index (χ0v) is 17.3. The van der Waals surface area contributed by atoms with Crippen LogP contribution in [0.1, 0.15) is 54.9 Å². The van der Waals surface area contributed by atoms with Gasteiger partial charge >= 0.3 is 12.2 Å². The van der Waals surface area contributed by atoms with Gasteiger partial charge in [0.1, 0.15) is 23.5 Å². The highest BCUT2D eigenvalue weighted by molar-refractivity contribution is 6.00. The number of oxime groups is 1. The molecule has 1 aliphatic rings. The zero-order chi connectivity index (χ0) is 20.8. The Morgan fingerprint density at radius 3 is 2.33 bits per heavy atom. The molecule has 1 aliphatic heterocycles. The molecule has 0 radical (unpaired) electrons. The normalized spacial score (nSPS) is 21.6. The lowest BCUT2D eigenvalue weighted by Gasteiger charge is -2.26. The molecule has 0 aromatic heterocycles. The Morgan fingerprint density at radius 2 is 1.81 bits per heavy atom. The number of carbonyl (C=O) groups is 2. The lowest BCUT2D eigenvalue weighted by atomic mass is 10.1. The second-order valence-corrected chi connectivity index (χ2v) is 8.31. The Hall–Kier alpha value is -2.43. The average molecular weight is 381 g/mol. The molecule has 0 bridgehead atoms. The van der Waals surface area contributed by atoms with Gasteiger partial charge in [-0.05, 0) is 48.5 Å². The fourth-order valence-corrected chi connectivity index (χ4v) is 2.39. The third-order valence-corrected chi connectivity index (χ3v) is 3.46. The number of nitrogens with one attached hydrogen (secondary N) is 1. The monoisotopic (exact) mass is 381 g/mol. The highest BCUT2D eigenvalue weighted by Gasteiger charge is 2.42. The summed E-state index contributed by atoms with van der Waals surface area (Å²) in [7, 11) is 0. The van der Waals surface area contributed by atoms with E-state index in [-0.39, 0.29) is 13.2 Å². The second-order valence-electron chi connectivity index (χ2n) is 8.31. The quantitative estimate of drug-likeness (QED) is 0.459. The Bertz CT molecular complexity index is 610. The first-order valence-electron chi connectivity index (χ1n) is 8.96. The fraction of sp³-hybridized carbons (Fsp3) is 0.737. The molecule has 0 spiro atoms. The first kappa shape index (κ1) is 22.6. The molecule has 2 amide bonds. The van der Waals surface area contributed by atoms with Gasteiger partial charge < -0.3 is 19.6 Å². The van der Waals surface area contributed by atoms with Gasteiger partial charge in [-0.15, -0.1) is 12.3 Å². The van der Waals surface area contributed by atoms with E-state index in [9.17, 15) is 9.59 Å². The molecule has 2 unspecified atom stereocenters. The maximum Gasteiger partial charge on any atom is 0.410 e. The number of amides is 2. The average Bonchev–Trinajstić information content (AvgIpc) is 2.76. The smallest absolute Gasteiger partial charge is 0.410 e. The van der Waals surface area contributed by atoms with Crippen LogP contribution in [0.25, 0.3) is 0 Å². The minimum absolute atomic E-state index is 0.201. The highest BCUT2D eigenvalue weighted by atomic mass is 16.6. The summed E-state index contributed by atoms with van der Waals surface area (Å²) in [5, 5.41) is 6.85. The van der Waals surface area contributed by atoms with Crippen LogP contribution >= 0.6 is 0 Å². The van der Waals surface area contributed by atoms with E-state index in [1.54, 1.807) is 48.5 Å². The summed E-state index contributed by atoms with van der Waals surface area (Å²) < 4.78 is 10.7. The van der Waals surface area contributed by atoms with Crippen LogP contribution in [-0.4, -0.2) is 59.2 Å². The number of rotatable bonds is 4. The standard InChI is InChI=1S/C19H31N3O5/c1-9-10-11-25-21-15-13(2)22(17(24)27-19(6,7)8)12-14(15)20-16(23)26-18(3,4)5/h1,13-14H,10-12H2,2-8H3,(H,20,23). The molecule has 1 fully saturated rings. The second kappa shape index (κ2) is 8.98. The number of terminal acetylenes is 1. The van der Waals surface area contributed by atoms with Crippen molar-refractivity contribution in [2.24, 2.45) is 5.16 Å². The van der Waals surface area contributed by atoms with Crippen molar-refractivity contribution in [1.29, 1.82) is 0 Å². The van der Waals surface area contributed by atoms with E-state index in [2.05, 4.69) is 16.4 Å². The lowest BCUT2D eigenvalue weighted by Crippen LogP contribution is -2.44. The SMILES string of the molecule is C#CCCON=C1C(NC(=O)OC(C)(C)C)CN(C(=O)OC(C)(C)C)C1C. The molecule has 0 saturated carbocycles. The topological polar surface area (TPSA) is 89.5 Å². The number of alkyl carbamates (subject to hydrolysis) is 1. The van der Waals surface area contributed by atoms with Crippen LogP contribution < -0.4 is 5.32 Å². The van der Waals surface area contributed by atoms with Gasteiger partial charge in [-0.3, -0.25) is 4.90 Å². The largest absolute Gasteiger partial charge is 0.444 e. The number of carbonyl (C=O) groups excluding carboxylic acids is 2. The van der Waals surface area contributed by atoms with Crippen LogP contribution in [0, 0.1) is 12.3 Å². The van der Waals surface area contributed by atoms with Crippen molar-refractivity contribution in [3.05, 3.63) is 0 Å². The molecule has 1 saturated heterocycles. The molecule has 1 N–H and O–H groups in total. The maximum atomic E-state index is 12.5. The summed E-state index contributed by atoms with van der Waals surface area (Å²) in [6.45, 7) is 12.9. The molecule has 1 heterocycles. The number of likely N-dealkylation sites (tertiary alicyclic amines) is 1. The summed E-state index contributed by atoms with van der Waals surface area (Å²) in [4.78, 5) is 31.4. The Kier molecular flexibility index (Phi) is 7.52. The van der Waals surface area contributed by atoms with Crippen molar-refractivity contribution in [2.45, 2.75) is 78.2 Å². The van der Waals surface area contributed by atoms with Crippen LogP contribution in [-0.2, 0) is 14.3 Å². The third kappa shape index (κ3) is 7.77. The van der Waals surface area contributed by atoms with Gasteiger partial charge in [0.25, 0.3) is 0 Å². The van der Waals surface area contributed by atoms with Gasteiger partial charge in [0, 0.05) is 6.42 Å². The highest BCUT2D eigenvalue weighted by Crippen LogP contribution is 2.20. The van der Waals surface area contributed by atoms with Crippen LogP contribution in [0.5, 0.6) is 0 Å². The van der Waals surface area contributed by atoms with Crippen LogP contribution in [0.4, 0.5) is 9.59 Å². The summed E-state index contributed by atoms with van der Waals surface area (Å²) in [6.07, 6.45) is 4.53. The Balaban J connectivity index is 2.93. The number of hydrogen-bond donors (Lipinski definition) is 1. The van der Waals surface area contributed by atoms with Gasteiger partial charge in [-0.1, -0.05) is 5.16 Å². The van der Waals surface area contributed by atoms with Gasteiger partial charge in [0.15, 0.2) is 0 Å². The minimum Gasteiger partial charge on any atom is -0.444 e. The zero-order valence-electron chi connectivity index (χ0n) is 17.3. The molecule has 8 nitrogen and oxygen atoms in total. The number of ether oxygens (including phenoxy) is 2. The van der Waals surface area contributed by atoms with E-state index < -0.39 is 35.5 Å². The van der Waals surface area contributed by atoms with Crippen LogP contribution in [0.15, 0.2) is 5.16 Å². The lowest BCUT2D eigenvalue weighted by molar-refractivity contribution is 0.0240. The molecule has 27 heavy (non-hydrogen) atoms. The molecule has 0 aromatic rings. The van der Waals surface area contributed by atoms with Crippen molar-refractivity contribution >= 4 is 17.9 Å². The fourth-order valence-electron chi connectivity index (χ4n) is 2.39. The van der Waals surface area contributed by atoms with E-state index in [0.29, 0.717) is 12.1 Å². The molecule has 152 valence electrons. The summed E-state index contributed by atoms with van der Waals surface area (Å²) in [5.41, 5.74) is -0.767. The van der Waals surface area contributed by atoms with E-state index in [1.165, 1.54) is 4.90 Å². The predicted octanol–water partition coefficient (Wildman–Crippen LogP) is 2.91. The van der Waals surface area contributed by atoms with E-state index >= 15 is 0 Å². The van der Waals surface area contributed by atoms with Crippen LogP contribution in [0.3, 0.4) is 0 Å². The van der Waals surface area contributed by atoms with Crippen LogP contribution in [0.2, 0.25) is 0 Å². The summed E-state index contributed by atoms with van der Waals surface area (Å²) in [6, 6.07) is -0.959. The summed E-state index contributed by atoms with van der Waals surface area (Å²) >= 11 is 0. The number of nitrogens with zero attached hydrogens (tertiary/aromatic N) is 2. The van der Waals surface area contributed by atoms with Crippen molar-refractivity contribution in [2.75, 3.05) is 13.2 Å². The predicted molar refractivity (Wildman–Crippen MR) is 102 cm³/mol. The van der Waals surface area contributed by atoms with Crippen molar-refractivity contribution in [1.82, 2.24) is 10.2 Å². The summed E-state index contributed by atoms with van der Waals surface area (Å²) in [5.74, 6) is 2.46. The van der Waals surface area contributed by atoms with Gasteiger partial charge in [0.2, 0.25) is 0 Å². The van der Waals surface area contributed by atoms with E-state index in [1.807, 2.05) is 0 Å². The molecular formula is C19H31N3O5.